The van der Waals surface area contributed by atoms with Crippen LogP contribution in [0.25, 0.3) is 16.9 Å². The minimum atomic E-state index is -0.274. The Labute approximate surface area is 182 Å². The van der Waals surface area contributed by atoms with E-state index in [0.717, 1.165) is 28.1 Å². The van der Waals surface area contributed by atoms with Crippen molar-refractivity contribution in [1.82, 2.24) is 19.6 Å². The Balaban J connectivity index is 1.40. The van der Waals surface area contributed by atoms with E-state index in [1.54, 1.807) is 4.52 Å². The summed E-state index contributed by atoms with van der Waals surface area (Å²) in [5.74, 6) is 0.839. The van der Waals surface area contributed by atoms with E-state index >= 15 is 0 Å². The van der Waals surface area contributed by atoms with Gasteiger partial charge in [-0.3, -0.25) is 4.79 Å². The van der Waals surface area contributed by atoms with Crippen molar-refractivity contribution in [3.63, 3.8) is 0 Å². The van der Waals surface area contributed by atoms with Gasteiger partial charge in [-0.15, -0.1) is 0 Å². The van der Waals surface area contributed by atoms with Crippen LogP contribution in [0.2, 0.25) is 0 Å². The molecule has 6 nitrogen and oxygen atoms in total. The van der Waals surface area contributed by atoms with Crippen molar-refractivity contribution in [2.24, 2.45) is 0 Å². The van der Waals surface area contributed by atoms with Crippen LogP contribution >= 0.6 is 22.6 Å². The molecule has 0 aliphatic heterocycles. The normalized spacial score (nSPS) is 11.0. The summed E-state index contributed by atoms with van der Waals surface area (Å²) in [6.07, 6.45) is 2.29. The second kappa shape index (κ2) is 8.28. The molecule has 0 N–H and O–H groups in total. The van der Waals surface area contributed by atoms with Gasteiger partial charge in [-0.1, -0.05) is 24.3 Å². The molecule has 146 valence electrons. The van der Waals surface area contributed by atoms with E-state index in [0.29, 0.717) is 17.9 Å². The number of ether oxygens (including phenoxy) is 1. The lowest BCUT2D eigenvalue weighted by molar-refractivity contribution is -0.134. The Bertz CT molecular complexity index is 1170. The van der Waals surface area contributed by atoms with Gasteiger partial charge in [0.25, 0.3) is 5.78 Å². The Morgan fingerprint density at radius 2 is 1.69 bits per heavy atom. The van der Waals surface area contributed by atoms with Crippen LogP contribution in [0.15, 0.2) is 54.9 Å². The zero-order valence-corrected chi connectivity index (χ0v) is 18.3. The van der Waals surface area contributed by atoms with Gasteiger partial charge in [-0.2, -0.15) is 10.1 Å². The molecule has 0 spiro atoms. The number of aryl methyl sites for hydroxylation is 2. The first kappa shape index (κ1) is 19.5. The zero-order chi connectivity index (χ0) is 20.4. The number of hydrogen-bond donors (Lipinski definition) is 0. The molecule has 7 heteroatoms. The van der Waals surface area contributed by atoms with Gasteiger partial charge in [0.1, 0.15) is 12.1 Å². The third kappa shape index (κ3) is 4.29. The molecule has 0 saturated carbocycles. The van der Waals surface area contributed by atoms with Gasteiger partial charge in [0.15, 0.2) is 0 Å². The van der Waals surface area contributed by atoms with Crippen LogP contribution in [0, 0.1) is 17.4 Å². The molecule has 0 aliphatic rings. The Hall–Kier alpha value is -2.81. The topological polar surface area (TPSA) is 69.4 Å². The summed E-state index contributed by atoms with van der Waals surface area (Å²) < 4.78 is 8.39. The van der Waals surface area contributed by atoms with Gasteiger partial charge < -0.3 is 4.74 Å². The molecule has 4 aromatic rings. The van der Waals surface area contributed by atoms with Crippen LogP contribution in [0.5, 0.6) is 5.75 Å². The van der Waals surface area contributed by atoms with Gasteiger partial charge in [-0.25, -0.2) is 9.50 Å². The van der Waals surface area contributed by atoms with E-state index in [9.17, 15) is 4.79 Å². The Kier molecular flexibility index (Phi) is 5.57. The molecule has 2 aromatic carbocycles. The highest BCUT2D eigenvalue weighted by molar-refractivity contribution is 14.1. The van der Waals surface area contributed by atoms with Crippen molar-refractivity contribution < 1.29 is 9.53 Å². The predicted octanol–water partition coefficient (Wildman–Crippen LogP) is 4.55. The molecular weight excluding hydrogens is 479 g/mol. The highest BCUT2D eigenvalue weighted by Gasteiger charge is 2.13. The number of rotatable bonds is 5. The summed E-state index contributed by atoms with van der Waals surface area (Å²) >= 11 is 2.28. The summed E-state index contributed by atoms with van der Waals surface area (Å²) in [4.78, 5) is 20.9. The lowest BCUT2D eigenvalue weighted by Crippen LogP contribution is -2.12. The summed E-state index contributed by atoms with van der Waals surface area (Å²) in [5.41, 5.74) is 5.01. The highest BCUT2D eigenvalue weighted by atomic mass is 127. The van der Waals surface area contributed by atoms with Gasteiger partial charge >= 0.3 is 5.97 Å². The number of fused-ring (bicyclic) bond motifs is 1. The fourth-order valence-corrected chi connectivity index (χ4v) is 3.64. The minimum Gasteiger partial charge on any atom is -0.427 e. The lowest BCUT2D eigenvalue weighted by atomic mass is 10.1. The largest absolute Gasteiger partial charge is 0.427 e. The van der Waals surface area contributed by atoms with Crippen molar-refractivity contribution in [2.45, 2.75) is 26.7 Å². The van der Waals surface area contributed by atoms with Crippen molar-refractivity contribution in [3.05, 3.63) is 75.4 Å². The minimum absolute atomic E-state index is 0.266. The molecule has 2 heterocycles. The van der Waals surface area contributed by atoms with Crippen LogP contribution in [0.1, 0.15) is 23.4 Å². The van der Waals surface area contributed by atoms with Crippen molar-refractivity contribution in [1.29, 1.82) is 0 Å². The maximum absolute atomic E-state index is 12.3. The molecule has 29 heavy (non-hydrogen) atoms. The number of nitrogens with zero attached hydrogens (tertiary/aromatic N) is 4. The van der Waals surface area contributed by atoms with Crippen LogP contribution in [0.3, 0.4) is 0 Å². The number of carbonyl (C=O) groups excluding carboxylic acids is 1. The molecule has 0 bridgehead atoms. The molecule has 0 unspecified atom stereocenters. The van der Waals surface area contributed by atoms with E-state index in [4.69, 9.17) is 4.74 Å². The summed E-state index contributed by atoms with van der Waals surface area (Å²) in [5, 5.41) is 4.18. The Morgan fingerprint density at radius 1 is 1.03 bits per heavy atom. The monoisotopic (exact) mass is 498 g/mol. The van der Waals surface area contributed by atoms with Gasteiger partial charge in [0, 0.05) is 15.0 Å². The lowest BCUT2D eigenvalue weighted by Gasteiger charge is -2.10. The predicted molar refractivity (Wildman–Crippen MR) is 119 cm³/mol. The number of carbonyl (C=O) groups is 1. The fourth-order valence-electron chi connectivity index (χ4n) is 3.28. The smallest absolute Gasteiger partial charge is 0.311 e. The number of benzene rings is 2. The highest BCUT2D eigenvalue weighted by Crippen LogP contribution is 2.23. The van der Waals surface area contributed by atoms with Crippen molar-refractivity contribution in [3.8, 4) is 16.9 Å². The molecule has 0 radical (unpaired) electrons. The van der Waals surface area contributed by atoms with Gasteiger partial charge in [0.2, 0.25) is 0 Å². The second-order valence-electron chi connectivity index (χ2n) is 6.74. The molecule has 0 atom stereocenters. The average Bonchev–Trinajstić information content (AvgIpc) is 3.18. The fraction of sp³-hybridized carbons (Fsp3) is 0.182. The third-order valence-electron chi connectivity index (χ3n) is 4.83. The maximum Gasteiger partial charge on any atom is 0.311 e. The first-order valence-electron chi connectivity index (χ1n) is 9.24. The zero-order valence-electron chi connectivity index (χ0n) is 16.1. The molecule has 2 aromatic heterocycles. The van der Waals surface area contributed by atoms with Crippen molar-refractivity contribution >= 4 is 34.3 Å². The maximum atomic E-state index is 12.3. The average molecular weight is 498 g/mol. The molecule has 0 amide bonds. The van der Waals surface area contributed by atoms with E-state index in [1.807, 2.05) is 38.1 Å². The molecule has 0 fully saturated rings. The molecular formula is C22H19IN4O2. The molecule has 0 aliphatic carbocycles. The second-order valence-corrected chi connectivity index (χ2v) is 7.98. The van der Waals surface area contributed by atoms with Crippen LogP contribution < -0.4 is 4.74 Å². The number of halogens is 1. The van der Waals surface area contributed by atoms with Gasteiger partial charge in [0.05, 0.1) is 6.42 Å². The van der Waals surface area contributed by atoms with Crippen LogP contribution in [-0.2, 0) is 11.2 Å². The summed E-state index contributed by atoms with van der Waals surface area (Å²) in [6.45, 7) is 3.88. The number of aromatic nitrogens is 4. The Morgan fingerprint density at radius 3 is 2.38 bits per heavy atom. The van der Waals surface area contributed by atoms with Crippen LogP contribution in [0.4, 0.5) is 0 Å². The number of hydrogen-bond acceptors (Lipinski definition) is 5. The van der Waals surface area contributed by atoms with Crippen LogP contribution in [-0.4, -0.2) is 25.6 Å². The first-order chi connectivity index (χ1) is 14.0. The summed E-state index contributed by atoms with van der Waals surface area (Å²) in [6, 6.07) is 15.9. The van der Waals surface area contributed by atoms with E-state index in [-0.39, 0.29) is 12.4 Å². The molecule has 0 saturated heterocycles. The van der Waals surface area contributed by atoms with E-state index < -0.39 is 0 Å². The number of esters is 1. The van der Waals surface area contributed by atoms with E-state index in [2.05, 4.69) is 61.9 Å². The van der Waals surface area contributed by atoms with Gasteiger partial charge in [-0.05, 0) is 83.8 Å². The summed E-state index contributed by atoms with van der Waals surface area (Å²) in [7, 11) is 0. The standard InChI is InChI=1S/C22H19IN4O2/c1-14-20(15(2)27-22(26-14)24-13-25-27)11-12-21(28)29-19-9-5-17(6-10-19)16-3-7-18(23)8-4-16/h3-10,13H,11-12H2,1-2H3. The third-order valence-corrected chi connectivity index (χ3v) is 5.55. The van der Waals surface area contributed by atoms with E-state index in [1.165, 1.54) is 9.90 Å². The molecule has 4 rings (SSSR count). The quantitative estimate of drug-likeness (QED) is 0.230. The van der Waals surface area contributed by atoms with Crippen molar-refractivity contribution in [2.75, 3.05) is 0 Å². The SMILES string of the molecule is Cc1nc2ncnn2c(C)c1CCC(=O)Oc1ccc(-c2ccc(I)cc2)cc1. The first-order valence-corrected chi connectivity index (χ1v) is 10.3.